The number of hydrogen-bond acceptors (Lipinski definition) is 2. The molecule has 0 fully saturated rings. The zero-order valence-electron chi connectivity index (χ0n) is 10.4. The van der Waals surface area contributed by atoms with Gasteiger partial charge < -0.3 is 5.32 Å². The molecular formula is C13H15F2N3. The maximum Gasteiger partial charge on any atom is 0.167 e. The molecule has 0 saturated carbocycles. The van der Waals surface area contributed by atoms with Crippen molar-refractivity contribution in [2.45, 2.75) is 13.5 Å². The van der Waals surface area contributed by atoms with Crippen molar-refractivity contribution in [1.29, 1.82) is 0 Å². The number of nitrogens with one attached hydrogen (secondary N) is 1. The molecule has 2 rings (SSSR count). The summed E-state index contributed by atoms with van der Waals surface area (Å²) in [6.07, 6.45) is 3.26. The van der Waals surface area contributed by atoms with E-state index in [2.05, 4.69) is 10.4 Å². The van der Waals surface area contributed by atoms with E-state index in [0.717, 1.165) is 6.54 Å². The van der Waals surface area contributed by atoms with E-state index in [-0.39, 0.29) is 5.56 Å². The molecule has 0 saturated heterocycles. The lowest BCUT2D eigenvalue weighted by Gasteiger charge is -2.03. The normalized spacial score (nSPS) is 10.9. The van der Waals surface area contributed by atoms with Crippen LogP contribution < -0.4 is 5.32 Å². The number of aromatic nitrogens is 2. The SMILES string of the molecule is CNCCn1cc(-c2ccc(C)c(F)c2F)cn1. The van der Waals surface area contributed by atoms with Crippen LogP contribution in [0.15, 0.2) is 24.5 Å². The minimum absolute atomic E-state index is 0.244. The second-order valence-corrected chi connectivity index (χ2v) is 4.15. The minimum Gasteiger partial charge on any atom is -0.318 e. The first-order valence-corrected chi connectivity index (χ1v) is 5.75. The fourth-order valence-electron chi connectivity index (χ4n) is 1.72. The Hall–Kier alpha value is -1.75. The maximum atomic E-state index is 13.8. The molecule has 0 spiro atoms. The molecule has 0 aliphatic carbocycles. The maximum absolute atomic E-state index is 13.8. The van der Waals surface area contributed by atoms with Crippen molar-refractivity contribution < 1.29 is 8.78 Å². The van der Waals surface area contributed by atoms with Crippen molar-refractivity contribution in [3.8, 4) is 11.1 Å². The number of hydrogen-bond donors (Lipinski definition) is 1. The van der Waals surface area contributed by atoms with Crippen molar-refractivity contribution in [2.24, 2.45) is 0 Å². The van der Waals surface area contributed by atoms with Gasteiger partial charge in [0.05, 0.1) is 12.7 Å². The van der Waals surface area contributed by atoms with E-state index in [1.54, 1.807) is 36.1 Å². The predicted molar refractivity (Wildman–Crippen MR) is 66.2 cm³/mol. The second kappa shape index (κ2) is 5.27. The fourth-order valence-corrected chi connectivity index (χ4v) is 1.72. The zero-order valence-corrected chi connectivity index (χ0v) is 10.4. The van der Waals surface area contributed by atoms with Crippen LogP contribution in [0.5, 0.6) is 0 Å². The molecule has 0 amide bonds. The number of aryl methyl sites for hydroxylation is 1. The zero-order chi connectivity index (χ0) is 13.1. The summed E-state index contributed by atoms with van der Waals surface area (Å²) in [5.74, 6) is -1.61. The topological polar surface area (TPSA) is 29.9 Å². The molecule has 3 nitrogen and oxygen atoms in total. The molecule has 18 heavy (non-hydrogen) atoms. The fraction of sp³-hybridized carbons (Fsp3) is 0.308. The van der Waals surface area contributed by atoms with Gasteiger partial charge in [0.2, 0.25) is 0 Å². The van der Waals surface area contributed by atoms with Crippen molar-refractivity contribution in [3.05, 3.63) is 41.7 Å². The van der Waals surface area contributed by atoms with Crippen LogP contribution in [0.3, 0.4) is 0 Å². The lowest BCUT2D eigenvalue weighted by Crippen LogP contribution is -2.14. The Balaban J connectivity index is 2.31. The highest BCUT2D eigenvalue weighted by molar-refractivity contribution is 5.63. The molecule has 2 aromatic rings. The van der Waals surface area contributed by atoms with E-state index in [0.29, 0.717) is 17.7 Å². The molecule has 0 atom stereocenters. The van der Waals surface area contributed by atoms with Crippen molar-refractivity contribution in [1.82, 2.24) is 15.1 Å². The van der Waals surface area contributed by atoms with Gasteiger partial charge in [-0.15, -0.1) is 0 Å². The third-order valence-corrected chi connectivity index (χ3v) is 2.81. The van der Waals surface area contributed by atoms with E-state index in [9.17, 15) is 8.78 Å². The summed E-state index contributed by atoms with van der Waals surface area (Å²) in [6.45, 7) is 3.00. The average molecular weight is 251 g/mol. The number of halogens is 2. The van der Waals surface area contributed by atoms with E-state index < -0.39 is 11.6 Å². The first-order valence-electron chi connectivity index (χ1n) is 5.75. The lowest BCUT2D eigenvalue weighted by molar-refractivity contribution is 0.505. The summed E-state index contributed by atoms with van der Waals surface area (Å²) in [6, 6.07) is 3.14. The van der Waals surface area contributed by atoms with Gasteiger partial charge in [-0.05, 0) is 19.5 Å². The van der Waals surface area contributed by atoms with Crippen LogP contribution >= 0.6 is 0 Å². The number of likely N-dealkylation sites (N-methyl/N-ethyl adjacent to an activating group) is 1. The van der Waals surface area contributed by atoms with Gasteiger partial charge in [0, 0.05) is 23.9 Å². The Morgan fingerprint density at radius 2 is 2.06 bits per heavy atom. The van der Waals surface area contributed by atoms with Crippen LogP contribution in [0, 0.1) is 18.6 Å². The van der Waals surface area contributed by atoms with Gasteiger partial charge >= 0.3 is 0 Å². The monoisotopic (exact) mass is 251 g/mol. The van der Waals surface area contributed by atoms with Gasteiger partial charge in [0.25, 0.3) is 0 Å². The van der Waals surface area contributed by atoms with Gasteiger partial charge in [-0.1, -0.05) is 12.1 Å². The Morgan fingerprint density at radius 1 is 1.28 bits per heavy atom. The summed E-state index contributed by atoms with van der Waals surface area (Å²) in [5, 5.41) is 7.11. The summed E-state index contributed by atoms with van der Waals surface area (Å²) in [7, 11) is 1.85. The highest BCUT2D eigenvalue weighted by Gasteiger charge is 2.13. The van der Waals surface area contributed by atoms with Crippen LogP contribution in [-0.4, -0.2) is 23.4 Å². The van der Waals surface area contributed by atoms with Crippen molar-refractivity contribution in [3.63, 3.8) is 0 Å². The number of rotatable bonds is 4. The van der Waals surface area contributed by atoms with Crippen molar-refractivity contribution >= 4 is 0 Å². The number of benzene rings is 1. The molecule has 1 aromatic heterocycles. The Labute approximate surface area is 104 Å². The van der Waals surface area contributed by atoms with Crippen LogP contribution in [0.1, 0.15) is 5.56 Å². The molecule has 0 aliphatic heterocycles. The molecule has 0 radical (unpaired) electrons. The van der Waals surface area contributed by atoms with Crippen LogP contribution in [0.2, 0.25) is 0 Å². The first kappa shape index (κ1) is 12.7. The Bertz CT molecular complexity index is 549. The number of nitrogens with zero attached hydrogens (tertiary/aromatic N) is 2. The van der Waals surface area contributed by atoms with E-state index in [4.69, 9.17) is 0 Å². The second-order valence-electron chi connectivity index (χ2n) is 4.15. The third kappa shape index (κ3) is 2.41. The third-order valence-electron chi connectivity index (χ3n) is 2.81. The van der Waals surface area contributed by atoms with Gasteiger partial charge in [-0.3, -0.25) is 4.68 Å². The lowest BCUT2D eigenvalue weighted by atomic mass is 10.1. The van der Waals surface area contributed by atoms with Crippen LogP contribution in [-0.2, 0) is 6.54 Å². The van der Waals surface area contributed by atoms with E-state index in [1.165, 1.54) is 0 Å². The quantitative estimate of drug-likeness (QED) is 0.904. The molecule has 5 heteroatoms. The van der Waals surface area contributed by atoms with Crippen LogP contribution in [0.4, 0.5) is 8.78 Å². The molecule has 0 bridgehead atoms. The smallest absolute Gasteiger partial charge is 0.167 e. The molecule has 1 heterocycles. The van der Waals surface area contributed by atoms with Gasteiger partial charge in [0.15, 0.2) is 11.6 Å². The largest absolute Gasteiger partial charge is 0.318 e. The Morgan fingerprint density at radius 3 is 2.78 bits per heavy atom. The molecule has 0 unspecified atom stereocenters. The molecule has 1 N–H and O–H groups in total. The molecular weight excluding hydrogens is 236 g/mol. The standard InChI is InChI=1S/C13H15F2N3/c1-9-3-4-11(13(15)12(9)14)10-7-17-18(8-10)6-5-16-2/h3-4,7-8,16H,5-6H2,1-2H3. The summed E-state index contributed by atoms with van der Waals surface area (Å²) >= 11 is 0. The van der Waals surface area contributed by atoms with Crippen LogP contribution in [0.25, 0.3) is 11.1 Å². The van der Waals surface area contributed by atoms with Gasteiger partial charge in [0.1, 0.15) is 0 Å². The predicted octanol–water partition coefficient (Wildman–Crippen LogP) is 2.36. The van der Waals surface area contributed by atoms with Gasteiger partial charge in [-0.2, -0.15) is 5.10 Å². The first-order chi connectivity index (χ1) is 8.63. The summed E-state index contributed by atoms with van der Waals surface area (Å²) in [5.41, 5.74) is 1.13. The van der Waals surface area contributed by atoms with Gasteiger partial charge in [-0.25, -0.2) is 8.78 Å². The average Bonchev–Trinajstić information content (AvgIpc) is 2.82. The summed E-state index contributed by atoms with van der Waals surface area (Å²) < 4.78 is 29.0. The van der Waals surface area contributed by atoms with E-state index in [1.807, 2.05) is 7.05 Å². The van der Waals surface area contributed by atoms with Crippen molar-refractivity contribution in [2.75, 3.05) is 13.6 Å². The minimum atomic E-state index is -0.817. The summed E-state index contributed by atoms with van der Waals surface area (Å²) in [4.78, 5) is 0. The molecule has 1 aromatic carbocycles. The highest BCUT2D eigenvalue weighted by atomic mass is 19.2. The Kier molecular flexibility index (Phi) is 3.72. The van der Waals surface area contributed by atoms with E-state index >= 15 is 0 Å². The molecule has 96 valence electrons. The molecule has 0 aliphatic rings. The highest BCUT2D eigenvalue weighted by Crippen LogP contribution is 2.25.